The van der Waals surface area contributed by atoms with Gasteiger partial charge in [-0.1, -0.05) is 24.8 Å². The zero-order valence-electron chi connectivity index (χ0n) is 9.92. The lowest BCUT2D eigenvalue weighted by Gasteiger charge is -2.16. The highest BCUT2D eigenvalue weighted by Crippen LogP contribution is 2.30. The maximum Gasteiger partial charge on any atom is 0.0314 e. The molecule has 0 heterocycles. The van der Waals surface area contributed by atoms with E-state index in [2.05, 4.69) is 31.7 Å². The summed E-state index contributed by atoms with van der Waals surface area (Å²) < 4.78 is 0. The molecule has 0 unspecified atom stereocenters. The van der Waals surface area contributed by atoms with Gasteiger partial charge >= 0.3 is 0 Å². The van der Waals surface area contributed by atoms with E-state index in [0.717, 1.165) is 5.56 Å². The molecule has 0 aromatic heterocycles. The third kappa shape index (κ3) is 2.19. The van der Waals surface area contributed by atoms with Gasteiger partial charge in [0.05, 0.1) is 0 Å². The molecule has 16 heavy (non-hydrogen) atoms. The lowest BCUT2D eigenvalue weighted by Crippen LogP contribution is -1.99. The van der Waals surface area contributed by atoms with Gasteiger partial charge in [-0.25, -0.2) is 0 Å². The standard InChI is InChI=1S/C15H19N/c1-11-8-9-14(12(2)16)10-15(11)13-6-4-3-5-7-13/h6,8-10H,2-5,7,16H2,1H3. The Balaban J connectivity index is 2.42. The normalized spacial score (nSPS) is 15.7. The molecule has 0 bridgehead atoms. The molecule has 1 aliphatic rings. The average Bonchev–Trinajstić information content (AvgIpc) is 2.30. The molecule has 0 radical (unpaired) electrons. The number of hydrogen-bond donors (Lipinski definition) is 1. The molecule has 0 saturated carbocycles. The Hall–Kier alpha value is -1.50. The van der Waals surface area contributed by atoms with Crippen molar-refractivity contribution in [3.05, 3.63) is 47.5 Å². The molecule has 0 spiro atoms. The van der Waals surface area contributed by atoms with Crippen LogP contribution in [-0.2, 0) is 0 Å². The SMILES string of the molecule is C=C(N)c1ccc(C)c(C2=CCCCC2)c1. The Morgan fingerprint density at radius 2 is 2.12 bits per heavy atom. The van der Waals surface area contributed by atoms with Crippen LogP contribution < -0.4 is 5.73 Å². The van der Waals surface area contributed by atoms with Crippen molar-refractivity contribution in [3.8, 4) is 0 Å². The van der Waals surface area contributed by atoms with Gasteiger partial charge in [-0.2, -0.15) is 0 Å². The van der Waals surface area contributed by atoms with Crippen LogP contribution in [0.4, 0.5) is 0 Å². The molecule has 1 aromatic rings. The third-order valence-corrected chi connectivity index (χ3v) is 3.25. The molecule has 1 aliphatic carbocycles. The highest BCUT2D eigenvalue weighted by Gasteiger charge is 2.09. The van der Waals surface area contributed by atoms with Crippen LogP contribution in [0.25, 0.3) is 11.3 Å². The van der Waals surface area contributed by atoms with Crippen LogP contribution in [0.5, 0.6) is 0 Å². The molecule has 0 saturated heterocycles. The van der Waals surface area contributed by atoms with Crippen molar-refractivity contribution in [2.45, 2.75) is 32.6 Å². The van der Waals surface area contributed by atoms with E-state index in [1.54, 1.807) is 0 Å². The van der Waals surface area contributed by atoms with E-state index in [9.17, 15) is 0 Å². The van der Waals surface area contributed by atoms with E-state index >= 15 is 0 Å². The van der Waals surface area contributed by atoms with Crippen LogP contribution in [0.3, 0.4) is 0 Å². The minimum Gasteiger partial charge on any atom is -0.399 e. The van der Waals surface area contributed by atoms with Gasteiger partial charge in [0.25, 0.3) is 0 Å². The molecule has 0 atom stereocenters. The van der Waals surface area contributed by atoms with Gasteiger partial charge in [0.15, 0.2) is 0 Å². The van der Waals surface area contributed by atoms with Crippen LogP contribution in [0, 0.1) is 6.92 Å². The van der Waals surface area contributed by atoms with Crippen LogP contribution >= 0.6 is 0 Å². The molecule has 0 amide bonds. The van der Waals surface area contributed by atoms with Crippen molar-refractivity contribution in [2.24, 2.45) is 5.73 Å². The summed E-state index contributed by atoms with van der Waals surface area (Å²) >= 11 is 0. The Morgan fingerprint density at radius 3 is 2.75 bits per heavy atom. The van der Waals surface area contributed by atoms with Crippen LogP contribution in [0.15, 0.2) is 30.9 Å². The first-order valence-electron chi connectivity index (χ1n) is 5.93. The lowest BCUT2D eigenvalue weighted by atomic mass is 9.90. The minimum absolute atomic E-state index is 0.651. The van der Waals surface area contributed by atoms with Crippen LogP contribution in [-0.4, -0.2) is 0 Å². The molecule has 0 fully saturated rings. The van der Waals surface area contributed by atoms with Gasteiger partial charge < -0.3 is 5.73 Å². The summed E-state index contributed by atoms with van der Waals surface area (Å²) in [6.07, 6.45) is 7.41. The maximum absolute atomic E-state index is 5.75. The Morgan fingerprint density at radius 1 is 1.31 bits per heavy atom. The maximum atomic E-state index is 5.75. The molecule has 2 rings (SSSR count). The largest absolute Gasteiger partial charge is 0.399 e. The molecule has 0 aliphatic heterocycles. The Bertz CT molecular complexity index is 441. The molecule has 2 N–H and O–H groups in total. The smallest absolute Gasteiger partial charge is 0.0314 e. The Labute approximate surface area is 97.7 Å². The third-order valence-electron chi connectivity index (χ3n) is 3.25. The second-order valence-electron chi connectivity index (χ2n) is 4.53. The van der Waals surface area contributed by atoms with E-state index in [1.807, 2.05) is 6.07 Å². The van der Waals surface area contributed by atoms with E-state index in [4.69, 9.17) is 5.73 Å². The van der Waals surface area contributed by atoms with Gasteiger partial charge in [-0.15, -0.1) is 0 Å². The molecular formula is C15H19N. The van der Waals surface area contributed by atoms with Crippen molar-refractivity contribution >= 4 is 11.3 Å². The predicted octanol–water partition coefficient (Wildman–Crippen LogP) is 3.88. The quantitative estimate of drug-likeness (QED) is 0.792. The summed E-state index contributed by atoms with van der Waals surface area (Å²) in [6.45, 7) is 5.96. The van der Waals surface area contributed by atoms with E-state index in [-0.39, 0.29) is 0 Å². The summed E-state index contributed by atoms with van der Waals surface area (Å²) in [4.78, 5) is 0. The highest BCUT2D eigenvalue weighted by molar-refractivity contribution is 5.73. The summed E-state index contributed by atoms with van der Waals surface area (Å²) in [5.41, 5.74) is 11.6. The fraction of sp³-hybridized carbons (Fsp3) is 0.333. The van der Waals surface area contributed by atoms with Gasteiger partial charge in [0, 0.05) is 5.70 Å². The predicted molar refractivity (Wildman–Crippen MR) is 70.8 cm³/mol. The second kappa shape index (κ2) is 4.56. The van der Waals surface area contributed by atoms with Crippen LogP contribution in [0.2, 0.25) is 0 Å². The number of rotatable bonds is 2. The number of hydrogen-bond acceptors (Lipinski definition) is 1. The van der Waals surface area contributed by atoms with Crippen molar-refractivity contribution < 1.29 is 0 Å². The fourth-order valence-electron chi connectivity index (χ4n) is 2.25. The number of nitrogens with two attached hydrogens (primary N) is 1. The lowest BCUT2D eigenvalue weighted by molar-refractivity contribution is 0.741. The molecule has 1 aromatic carbocycles. The first kappa shape index (κ1) is 11.0. The van der Waals surface area contributed by atoms with Gasteiger partial charge in [-0.3, -0.25) is 0 Å². The fourth-order valence-corrected chi connectivity index (χ4v) is 2.25. The zero-order valence-corrected chi connectivity index (χ0v) is 9.92. The van der Waals surface area contributed by atoms with Gasteiger partial charge in [0.2, 0.25) is 0 Å². The van der Waals surface area contributed by atoms with Crippen molar-refractivity contribution in [1.29, 1.82) is 0 Å². The molecule has 1 heteroatoms. The average molecular weight is 213 g/mol. The second-order valence-corrected chi connectivity index (χ2v) is 4.53. The summed E-state index contributed by atoms with van der Waals surface area (Å²) in [7, 11) is 0. The number of allylic oxidation sites excluding steroid dienone is 2. The number of aryl methyl sites for hydroxylation is 1. The van der Waals surface area contributed by atoms with Crippen molar-refractivity contribution in [2.75, 3.05) is 0 Å². The zero-order chi connectivity index (χ0) is 11.5. The minimum atomic E-state index is 0.651. The van der Waals surface area contributed by atoms with Crippen molar-refractivity contribution in [1.82, 2.24) is 0 Å². The Kier molecular flexibility index (Phi) is 3.14. The molecule has 1 nitrogen and oxygen atoms in total. The van der Waals surface area contributed by atoms with Gasteiger partial charge in [0.1, 0.15) is 0 Å². The summed E-state index contributed by atoms with van der Waals surface area (Å²) in [6, 6.07) is 6.36. The first-order valence-corrected chi connectivity index (χ1v) is 5.93. The summed E-state index contributed by atoms with van der Waals surface area (Å²) in [5.74, 6) is 0. The highest BCUT2D eigenvalue weighted by atomic mass is 14.6. The molecule has 84 valence electrons. The van der Waals surface area contributed by atoms with Crippen molar-refractivity contribution in [3.63, 3.8) is 0 Å². The topological polar surface area (TPSA) is 26.0 Å². The first-order chi connectivity index (χ1) is 7.68. The number of benzene rings is 1. The monoisotopic (exact) mass is 213 g/mol. The van der Waals surface area contributed by atoms with Gasteiger partial charge in [-0.05, 0) is 60.9 Å². The van der Waals surface area contributed by atoms with E-state index in [1.165, 1.54) is 42.4 Å². The van der Waals surface area contributed by atoms with E-state index < -0.39 is 0 Å². The van der Waals surface area contributed by atoms with E-state index in [0.29, 0.717) is 5.70 Å². The summed E-state index contributed by atoms with van der Waals surface area (Å²) in [5, 5.41) is 0. The molecular weight excluding hydrogens is 194 g/mol. The van der Waals surface area contributed by atoms with Crippen LogP contribution in [0.1, 0.15) is 42.4 Å².